The summed E-state index contributed by atoms with van der Waals surface area (Å²) in [4.78, 5) is 30.8. The van der Waals surface area contributed by atoms with E-state index in [1.165, 1.54) is 0 Å². The summed E-state index contributed by atoms with van der Waals surface area (Å²) in [5.74, 6) is 0.633. The Hall–Kier alpha value is -4.30. The molecular formula is C47H60N2O10. The van der Waals surface area contributed by atoms with E-state index < -0.39 is 70.0 Å². The van der Waals surface area contributed by atoms with E-state index in [4.69, 9.17) is 33.2 Å². The fourth-order valence-corrected chi connectivity index (χ4v) is 11.0. The third kappa shape index (κ3) is 6.67. The summed E-state index contributed by atoms with van der Waals surface area (Å²) in [6, 6.07) is 25.3. The number of aliphatic hydroxyl groups excluding tert-OH is 1. The number of alkyl carbamates (subject to hydrolysis) is 1. The number of nitrogens with zero attached hydrogens (tertiary/aromatic N) is 1. The van der Waals surface area contributed by atoms with Crippen LogP contribution in [0.4, 0.5) is 4.79 Å². The first-order valence-corrected chi connectivity index (χ1v) is 20.4. The smallest absolute Gasteiger partial charge is 0.407 e. The highest BCUT2D eigenvalue weighted by molar-refractivity contribution is 5.93. The van der Waals surface area contributed by atoms with Gasteiger partial charge in [-0.05, 0) is 87.2 Å². The number of amides is 1. The number of hydrogen-bond donors (Lipinski definition) is 2. The molecule has 4 aliphatic rings. The molecule has 4 fully saturated rings. The SMILES string of the molecule is C=C[C@@]1(C)CC(=O)[C@@]23OC(N(C)C)O[C@H]4CCC(C)(C)[C@H]([C@H](OC(=O)NCCOC(c5ccccc5)(c5ccc(OC)cc5)c5ccc(OC)cc5)[C@H](O)[C@@]2(C)O1)[C@]43C. The molecule has 9 atom stereocenters. The second kappa shape index (κ2) is 15.6. The van der Waals surface area contributed by atoms with Crippen LogP contribution in [0, 0.1) is 16.7 Å². The van der Waals surface area contributed by atoms with Gasteiger partial charge >= 0.3 is 6.09 Å². The largest absolute Gasteiger partial charge is 0.497 e. The standard InChI is InChI=1S/C47H60N2O10/c1-11-43(4)29-35(50)47-44(5)36(56-41(58-47)49(7)8)25-26-42(2,3)38(44)37(39(51)45(47,6)59-43)57-40(52)48-27-28-55-46(30-15-13-12-14-16-30,31-17-21-33(53-9)22-18-31)32-19-23-34(54-10)24-20-32/h11-24,36-39,41,51H,1,25-29H2,2-10H3,(H,48,52)/t36-,37-,38-,39-,41?,43-,44-,45+,47-/m0/s1. The Kier molecular flexibility index (Phi) is 11.3. The van der Waals surface area contributed by atoms with Crippen LogP contribution in [0.15, 0.2) is 91.5 Å². The number of Topliss-reactive ketones (excluding diaryl/α,β-unsaturated/α-hetero) is 1. The number of nitrogens with one attached hydrogen (secondary N) is 1. The Morgan fingerprint density at radius 2 is 1.51 bits per heavy atom. The summed E-state index contributed by atoms with van der Waals surface area (Å²) < 4.78 is 44.6. The molecule has 3 aromatic rings. The lowest BCUT2D eigenvalue weighted by atomic mass is 9.39. The zero-order valence-electron chi connectivity index (χ0n) is 35.8. The molecule has 2 saturated heterocycles. The maximum atomic E-state index is 14.9. The van der Waals surface area contributed by atoms with Gasteiger partial charge in [-0.3, -0.25) is 9.69 Å². The van der Waals surface area contributed by atoms with Crippen molar-refractivity contribution in [3.8, 4) is 11.5 Å². The van der Waals surface area contributed by atoms with Gasteiger partial charge in [0.15, 0.2) is 11.4 Å². The predicted octanol–water partition coefficient (Wildman–Crippen LogP) is 6.62. The van der Waals surface area contributed by atoms with Crippen molar-refractivity contribution in [1.82, 2.24) is 10.2 Å². The average Bonchev–Trinajstić information content (AvgIpc) is 3.22. The normalized spacial score (nSPS) is 33.6. The van der Waals surface area contributed by atoms with Gasteiger partial charge in [-0.2, -0.15) is 0 Å². The molecule has 0 aromatic heterocycles. The van der Waals surface area contributed by atoms with Gasteiger partial charge in [0, 0.05) is 24.3 Å². The lowest BCUT2D eigenvalue weighted by Gasteiger charge is -2.74. The van der Waals surface area contributed by atoms with Crippen LogP contribution in [0.2, 0.25) is 0 Å². The molecule has 318 valence electrons. The van der Waals surface area contributed by atoms with Crippen LogP contribution in [0.3, 0.4) is 0 Å². The predicted molar refractivity (Wildman–Crippen MR) is 221 cm³/mol. The van der Waals surface area contributed by atoms with Crippen molar-refractivity contribution in [3.05, 3.63) is 108 Å². The van der Waals surface area contributed by atoms with Gasteiger partial charge in [-0.25, -0.2) is 4.79 Å². The van der Waals surface area contributed by atoms with Crippen LogP contribution < -0.4 is 14.8 Å². The Balaban J connectivity index is 1.20. The topological polar surface area (TPSA) is 134 Å². The minimum absolute atomic E-state index is 0.00203. The van der Waals surface area contributed by atoms with Crippen molar-refractivity contribution in [2.45, 2.75) is 101 Å². The fourth-order valence-electron chi connectivity index (χ4n) is 11.0. The van der Waals surface area contributed by atoms with Crippen molar-refractivity contribution >= 4 is 11.9 Å². The van der Waals surface area contributed by atoms with Crippen molar-refractivity contribution in [1.29, 1.82) is 0 Å². The van der Waals surface area contributed by atoms with Crippen LogP contribution in [0.5, 0.6) is 11.5 Å². The molecule has 1 unspecified atom stereocenters. The summed E-state index contributed by atoms with van der Waals surface area (Å²) in [5, 5.41) is 15.6. The molecule has 3 aromatic carbocycles. The van der Waals surface area contributed by atoms with E-state index in [0.29, 0.717) is 24.3 Å². The summed E-state index contributed by atoms with van der Waals surface area (Å²) >= 11 is 0. The quantitative estimate of drug-likeness (QED) is 0.116. The van der Waals surface area contributed by atoms with Gasteiger partial charge in [-0.1, -0.05) is 81.4 Å². The van der Waals surface area contributed by atoms with Crippen molar-refractivity contribution in [3.63, 3.8) is 0 Å². The van der Waals surface area contributed by atoms with Gasteiger partial charge in [0.25, 0.3) is 0 Å². The molecule has 0 bridgehead atoms. The fraction of sp³-hybridized carbons (Fsp3) is 0.532. The highest BCUT2D eigenvalue weighted by Crippen LogP contribution is 2.70. The van der Waals surface area contributed by atoms with E-state index in [-0.39, 0.29) is 25.4 Å². The maximum absolute atomic E-state index is 14.9. The molecule has 2 aliphatic carbocycles. The number of benzene rings is 3. The van der Waals surface area contributed by atoms with Crippen molar-refractivity contribution < 1.29 is 47.9 Å². The Labute approximate surface area is 348 Å². The molecule has 12 heteroatoms. The monoisotopic (exact) mass is 812 g/mol. The number of carbonyl (C=O) groups is 2. The van der Waals surface area contributed by atoms with Crippen LogP contribution in [-0.4, -0.2) is 105 Å². The minimum Gasteiger partial charge on any atom is -0.497 e. The lowest BCUT2D eigenvalue weighted by molar-refractivity contribution is -0.456. The Morgan fingerprint density at radius 1 is 0.932 bits per heavy atom. The summed E-state index contributed by atoms with van der Waals surface area (Å²) in [6.45, 7) is 13.8. The molecule has 12 nitrogen and oxygen atoms in total. The van der Waals surface area contributed by atoms with Crippen LogP contribution in [-0.2, 0) is 34.1 Å². The molecule has 2 N–H and O–H groups in total. The van der Waals surface area contributed by atoms with Gasteiger partial charge < -0.3 is 43.6 Å². The summed E-state index contributed by atoms with van der Waals surface area (Å²) in [7, 11) is 6.89. The zero-order valence-corrected chi connectivity index (χ0v) is 35.8. The van der Waals surface area contributed by atoms with Gasteiger partial charge in [-0.15, -0.1) is 6.58 Å². The molecule has 2 saturated carbocycles. The number of ketones is 1. The van der Waals surface area contributed by atoms with E-state index in [1.807, 2.05) is 99.9 Å². The summed E-state index contributed by atoms with van der Waals surface area (Å²) in [5.41, 5.74) is -4.52. The second-order valence-corrected chi connectivity index (χ2v) is 17.9. The van der Waals surface area contributed by atoms with Crippen LogP contribution in [0.25, 0.3) is 0 Å². The third-order valence-electron chi connectivity index (χ3n) is 13.7. The zero-order chi connectivity index (χ0) is 42.6. The van der Waals surface area contributed by atoms with E-state index in [0.717, 1.165) is 16.7 Å². The van der Waals surface area contributed by atoms with E-state index in [1.54, 1.807) is 39.0 Å². The number of methoxy groups -OCH3 is 2. The highest BCUT2D eigenvalue weighted by Gasteiger charge is 2.84. The molecule has 1 spiro atoms. The first kappa shape index (κ1) is 42.8. The number of hydrogen-bond acceptors (Lipinski definition) is 11. The number of aliphatic hydroxyl groups is 1. The Bertz CT molecular complexity index is 1960. The molecule has 0 radical (unpaired) electrons. The average molecular weight is 813 g/mol. The van der Waals surface area contributed by atoms with Crippen molar-refractivity contribution in [2.75, 3.05) is 41.5 Å². The first-order chi connectivity index (χ1) is 28.0. The number of rotatable bonds is 12. The number of ether oxygens (including phenoxy) is 7. The molecule has 2 heterocycles. The molecule has 2 aliphatic heterocycles. The highest BCUT2D eigenvalue weighted by atomic mass is 16.7. The van der Waals surface area contributed by atoms with Gasteiger partial charge in [0.2, 0.25) is 6.41 Å². The first-order valence-electron chi connectivity index (χ1n) is 20.4. The molecule has 7 rings (SSSR count). The second-order valence-electron chi connectivity index (χ2n) is 17.9. The summed E-state index contributed by atoms with van der Waals surface area (Å²) in [6.07, 6.45) is -1.75. The van der Waals surface area contributed by atoms with Crippen LogP contribution >= 0.6 is 0 Å². The molecule has 1 amide bonds. The minimum atomic E-state index is -1.67. The van der Waals surface area contributed by atoms with Crippen molar-refractivity contribution in [2.24, 2.45) is 16.7 Å². The molecule has 59 heavy (non-hydrogen) atoms. The van der Waals surface area contributed by atoms with Crippen LogP contribution in [0.1, 0.15) is 70.6 Å². The Morgan fingerprint density at radius 3 is 2.05 bits per heavy atom. The van der Waals surface area contributed by atoms with E-state index >= 15 is 0 Å². The van der Waals surface area contributed by atoms with E-state index in [9.17, 15) is 14.7 Å². The third-order valence-corrected chi connectivity index (χ3v) is 13.7. The number of carbonyl (C=O) groups excluding carboxylic acids is 2. The lowest BCUT2D eigenvalue weighted by Crippen LogP contribution is -2.89. The maximum Gasteiger partial charge on any atom is 0.407 e. The van der Waals surface area contributed by atoms with E-state index in [2.05, 4.69) is 25.7 Å². The van der Waals surface area contributed by atoms with Gasteiger partial charge in [0.1, 0.15) is 34.9 Å². The van der Waals surface area contributed by atoms with Gasteiger partial charge in [0.05, 0.1) is 32.5 Å². The molecular weight excluding hydrogens is 753 g/mol.